The van der Waals surface area contributed by atoms with Crippen LogP contribution in [0.5, 0.6) is 0 Å². The SMILES string of the molecule is CCCC(CCC)C(=O)c1ncco1. The molecule has 0 aliphatic heterocycles. The summed E-state index contributed by atoms with van der Waals surface area (Å²) >= 11 is 0. The zero-order valence-corrected chi connectivity index (χ0v) is 8.82. The molecule has 0 spiro atoms. The summed E-state index contributed by atoms with van der Waals surface area (Å²) in [4.78, 5) is 15.7. The number of Topliss-reactive ketones (excluding diaryl/α,β-unsaturated/α-hetero) is 1. The van der Waals surface area contributed by atoms with Crippen LogP contribution < -0.4 is 0 Å². The third-order valence-corrected chi connectivity index (χ3v) is 2.29. The smallest absolute Gasteiger partial charge is 0.263 e. The van der Waals surface area contributed by atoms with E-state index in [4.69, 9.17) is 4.42 Å². The second-order valence-electron chi connectivity index (χ2n) is 3.48. The minimum atomic E-state index is 0.0544. The highest BCUT2D eigenvalue weighted by molar-refractivity contribution is 5.93. The zero-order valence-electron chi connectivity index (χ0n) is 8.82. The fourth-order valence-corrected chi connectivity index (χ4v) is 1.62. The van der Waals surface area contributed by atoms with Crippen molar-refractivity contribution in [2.45, 2.75) is 39.5 Å². The molecule has 0 aromatic carbocycles. The van der Waals surface area contributed by atoms with E-state index in [-0.39, 0.29) is 17.6 Å². The van der Waals surface area contributed by atoms with Gasteiger partial charge in [0.15, 0.2) is 0 Å². The lowest BCUT2D eigenvalue weighted by atomic mass is 9.94. The minimum Gasteiger partial charge on any atom is -0.442 e. The van der Waals surface area contributed by atoms with E-state index in [1.54, 1.807) is 0 Å². The molecular formula is C11H17NO2. The van der Waals surface area contributed by atoms with Crippen LogP contribution in [0.15, 0.2) is 16.9 Å². The second kappa shape index (κ2) is 5.58. The molecule has 1 heterocycles. The number of rotatable bonds is 6. The normalized spacial score (nSPS) is 10.8. The Morgan fingerprint density at radius 2 is 2.07 bits per heavy atom. The van der Waals surface area contributed by atoms with E-state index in [1.807, 2.05) is 0 Å². The van der Waals surface area contributed by atoms with Crippen molar-refractivity contribution in [2.24, 2.45) is 5.92 Å². The van der Waals surface area contributed by atoms with Gasteiger partial charge in [0.1, 0.15) is 6.26 Å². The molecule has 0 saturated carbocycles. The van der Waals surface area contributed by atoms with E-state index >= 15 is 0 Å². The lowest BCUT2D eigenvalue weighted by molar-refractivity contribution is 0.0869. The van der Waals surface area contributed by atoms with E-state index < -0.39 is 0 Å². The molecule has 3 nitrogen and oxygen atoms in total. The Morgan fingerprint density at radius 1 is 1.43 bits per heavy atom. The number of aromatic nitrogens is 1. The maximum atomic E-state index is 11.8. The van der Waals surface area contributed by atoms with Gasteiger partial charge in [-0.25, -0.2) is 4.98 Å². The predicted octanol–water partition coefficient (Wildman–Crippen LogP) is 3.07. The van der Waals surface area contributed by atoms with E-state index in [1.165, 1.54) is 12.5 Å². The van der Waals surface area contributed by atoms with Crippen LogP contribution in [0.4, 0.5) is 0 Å². The number of carbonyl (C=O) groups excluding carboxylic acids is 1. The van der Waals surface area contributed by atoms with Crippen molar-refractivity contribution in [3.05, 3.63) is 18.4 Å². The van der Waals surface area contributed by atoms with Crippen LogP contribution in [0.1, 0.15) is 50.2 Å². The summed E-state index contributed by atoms with van der Waals surface area (Å²) in [5.41, 5.74) is 0. The molecule has 78 valence electrons. The molecule has 0 bridgehead atoms. The van der Waals surface area contributed by atoms with Gasteiger partial charge in [-0.15, -0.1) is 0 Å². The maximum absolute atomic E-state index is 11.8. The van der Waals surface area contributed by atoms with Crippen LogP contribution in [0.3, 0.4) is 0 Å². The van der Waals surface area contributed by atoms with Gasteiger partial charge >= 0.3 is 0 Å². The minimum absolute atomic E-state index is 0.0544. The lowest BCUT2D eigenvalue weighted by Gasteiger charge is -2.10. The molecule has 0 saturated heterocycles. The third kappa shape index (κ3) is 2.69. The number of ketones is 1. The summed E-state index contributed by atoms with van der Waals surface area (Å²) in [6.07, 6.45) is 6.86. The highest BCUT2D eigenvalue weighted by Gasteiger charge is 2.21. The second-order valence-corrected chi connectivity index (χ2v) is 3.48. The van der Waals surface area contributed by atoms with E-state index in [2.05, 4.69) is 18.8 Å². The van der Waals surface area contributed by atoms with Gasteiger partial charge in [0.05, 0.1) is 6.20 Å². The van der Waals surface area contributed by atoms with Gasteiger partial charge in [-0.2, -0.15) is 0 Å². The lowest BCUT2D eigenvalue weighted by Crippen LogP contribution is -2.14. The highest BCUT2D eigenvalue weighted by Crippen LogP contribution is 2.18. The van der Waals surface area contributed by atoms with Crippen LogP contribution in [0.25, 0.3) is 0 Å². The van der Waals surface area contributed by atoms with E-state index in [0.717, 1.165) is 25.7 Å². The van der Waals surface area contributed by atoms with Crippen molar-refractivity contribution >= 4 is 5.78 Å². The van der Waals surface area contributed by atoms with Crippen LogP contribution in [-0.4, -0.2) is 10.8 Å². The Labute approximate surface area is 84.5 Å². The van der Waals surface area contributed by atoms with Crippen molar-refractivity contribution in [1.82, 2.24) is 4.98 Å². The van der Waals surface area contributed by atoms with E-state index in [9.17, 15) is 4.79 Å². The van der Waals surface area contributed by atoms with Gasteiger partial charge in [0, 0.05) is 5.92 Å². The molecule has 3 heteroatoms. The van der Waals surface area contributed by atoms with Gasteiger partial charge in [0.2, 0.25) is 5.78 Å². The van der Waals surface area contributed by atoms with Crippen molar-refractivity contribution < 1.29 is 9.21 Å². The zero-order chi connectivity index (χ0) is 10.4. The Balaban J connectivity index is 2.63. The van der Waals surface area contributed by atoms with Gasteiger partial charge < -0.3 is 4.42 Å². The number of nitrogens with zero attached hydrogens (tertiary/aromatic N) is 1. The first-order valence-electron chi connectivity index (χ1n) is 5.23. The summed E-state index contributed by atoms with van der Waals surface area (Å²) in [6.45, 7) is 4.18. The Kier molecular flexibility index (Phi) is 4.36. The molecule has 0 amide bonds. The molecule has 0 N–H and O–H groups in total. The molecule has 1 aromatic rings. The number of carbonyl (C=O) groups is 1. The molecule has 0 fully saturated rings. The first-order valence-corrected chi connectivity index (χ1v) is 5.23. The highest BCUT2D eigenvalue weighted by atomic mass is 16.3. The standard InChI is InChI=1S/C11H17NO2/c1-3-5-9(6-4-2)10(13)11-12-7-8-14-11/h7-9H,3-6H2,1-2H3. The van der Waals surface area contributed by atoms with Crippen molar-refractivity contribution in [3.8, 4) is 0 Å². The topological polar surface area (TPSA) is 43.1 Å². The van der Waals surface area contributed by atoms with Crippen LogP contribution in [0.2, 0.25) is 0 Å². The van der Waals surface area contributed by atoms with Crippen LogP contribution in [0, 0.1) is 5.92 Å². The number of hydrogen-bond donors (Lipinski definition) is 0. The molecule has 0 aliphatic carbocycles. The fraction of sp³-hybridized carbons (Fsp3) is 0.636. The van der Waals surface area contributed by atoms with Gasteiger partial charge in [0.25, 0.3) is 5.89 Å². The van der Waals surface area contributed by atoms with Crippen molar-refractivity contribution in [3.63, 3.8) is 0 Å². The largest absolute Gasteiger partial charge is 0.442 e. The number of hydrogen-bond acceptors (Lipinski definition) is 3. The summed E-state index contributed by atoms with van der Waals surface area (Å²) in [5, 5.41) is 0. The fourth-order valence-electron chi connectivity index (χ4n) is 1.62. The van der Waals surface area contributed by atoms with E-state index in [0.29, 0.717) is 0 Å². The first kappa shape index (κ1) is 11.0. The van der Waals surface area contributed by atoms with Gasteiger partial charge in [-0.05, 0) is 12.8 Å². The molecule has 1 aromatic heterocycles. The van der Waals surface area contributed by atoms with Crippen molar-refractivity contribution in [2.75, 3.05) is 0 Å². The summed E-state index contributed by atoms with van der Waals surface area (Å²) in [7, 11) is 0. The molecule has 1 rings (SSSR count). The van der Waals surface area contributed by atoms with Crippen LogP contribution in [-0.2, 0) is 0 Å². The average Bonchev–Trinajstić information content (AvgIpc) is 2.69. The monoisotopic (exact) mass is 195 g/mol. The third-order valence-electron chi connectivity index (χ3n) is 2.29. The summed E-state index contributed by atoms with van der Waals surface area (Å²) in [5.74, 6) is 0.402. The Morgan fingerprint density at radius 3 is 2.50 bits per heavy atom. The summed E-state index contributed by atoms with van der Waals surface area (Å²) in [6, 6.07) is 0. The Hall–Kier alpha value is -1.12. The Bertz CT molecular complexity index is 261. The van der Waals surface area contributed by atoms with Gasteiger partial charge in [-0.3, -0.25) is 4.79 Å². The number of oxazole rings is 1. The predicted molar refractivity (Wildman–Crippen MR) is 54.1 cm³/mol. The molecule has 0 atom stereocenters. The first-order chi connectivity index (χ1) is 6.79. The molecule has 0 aliphatic rings. The average molecular weight is 195 g/mol. The molecular weight excluding hydrogens is 178 g/mol. The maximum Gasteiger partial charge on any atom is 0.263 e. The molecule has 14 heavy (non-hydrogen) atoms. The quantitative estimate of drug-likeness (QED) is 0.655. The van der Waals surface area contributed by atoms with Crippen molar-refractivity contribution in [1.29, 1.82) is 0 Å². The van der Waals surface area contributed by atoms with Crippen LogP contribution >= 0.6 is 0 Å². The molecule has 0 unspecified atom stereocenters. The molecule has 0 radical (unpaired) electrons. The summed E-state index contributed by atoms with van der Waals surface area (Å²) < 4.78 is 5.01. The van der Waals surface area contributed by atoms with Gasteiger partial charge in [-0.1, -0.05) is 26.7 Å².